The van der Waals surface area contributed by atoms with Gasteiger partial charge >= 0.3 is 0 Å². The van der Waals surface area contributed by atoms with E-state index in [9.17, 15) is 0 Å². The molecule has 0 aliphatic carbocycles. The van der Waals surface area contributed by atoms with Crippen LogP contribution in [0.25, 0.3) is 155 Å². The van der Waals surface area contributed by atoms with Crippen molar-refractivity contribution in [1.29, 1.82) is 0 Å². The Balaban J connectivity index is 0.955. The molecule has 3 heteroatoms. The zero-order valence-corrected chi connectivity index (χ0v) is 40.7. The summed E-state index contributed by atoms with van der Waals surface area (Å²) in [4.78, 5) is 3.78. The Hall–Kier alpha value is -9.96. The van der Waals surface area contributed by atoms with Crippen molar-refractivity contribution in [3.63, 3.8) is 0 Å². The molecule has 15 aromatic rings. The van der Waals surface area contributed by atoms with E-state index >= 15 is 0 Å². The molecule has 0 unspecified atom stereocenters. The average Bonchev–Trinajstić information content (AvgIpc) is 4.19. The van der Waals surface area contributed by atoms with Crippen LogP contribution < -0.4 is 0 Å². The molecule has 3 nitrogen and oxygen atoms in total. The normalized spacial score (nSPS) is 11.7. The van der Waals surface area contributed by atoms with Gasteiger partial charge in [-0.1, -0.05) is 194 Å². The molecule has 350 valence electrons. The van der Waals surface area contributed by atoms with E-state index in [-0.39, 0.29) is 0 Å². The molecule has 0 fully saturated rings. The molecular weight excluding hydrogens is 911 g/mol. The van der Waals surface area contributed by atoms with Gasteiger partial charge in [0.05, 0.1) is 0 Å². The maximum atomic E-state index is 7.23. The van der Waals surface area contributed by atoms with Crippen molar-refractivity contribution in [3.8, 4) is 89.0 Å². The van der Waals surface area contributed by atoms with E-state index in [0.717, 1.165) is 155 Å². The lowest BCUT2D eigenvalue weighted by atomic mass is 9.92. The fraction of sp³-hybridized carbons (Fsp3) is 0. The van der Waals surface area contributed by atoms with E-state index in [2.05, 4.69) is 272 Å². The number of aromatic nitrogens is 1. The lowest BCUT2D eigenvalue weighted by Crippen LogP contribution is -1.85. The first-order valence-corrected chi connectivity index (χ1v) is 25.6. The first kappa shape index (κ1) is 42.7. The molecule has 0 bridgehead atoms. The van der Waals surface area contributed by atoms with Crippen molar-refractivity contribution in [2.75, 3.05) is 0 Å². The topological polar surface area (TPSA) is 42.1 Å². The fourth-order valence-electron chi connectivity index (χ4n) is 11.5. The molecule has 0 spiro atoms. The molecule has 75 heavy (non-hydrogen) atoms. The highest BCUT2D eigenvalue weighted by Crippen LogP contribution is 2.48. The quantitative estimate of drug-likeness (QED) is 0.165. The molecule has 0 aliphatic heterocycles. The summed E-state index contributed by atoms with van der Waals surface area (Å²) in [7, 11) is 0. The predicted octanol–water partition coefficient (Wildman–Crippen LogP) is 20.5. The summed E-state index contributed by atoms with van der Waals surface area (Å²) in [6.45, 7) is 0. The van der Waals surface area contributed by atoms with Crippen LogP contribution >= 0.6 is 0 Å². The Labute approximate surface area is 433 Å². The molecular formula is C72H45NO2. The monoisotopic (exact) mass is 955 g/mol. The largest absolute Gasteiger partial charge is 0.455 e. The van der Waals surface area contributed by atoms with Crippen LogP contribution in [0.1, 0.15) is 0 Å². The molecule has 3 heterocycles. The van der Waals surface area contributed by atoms with Gasteiger partial charge in [-0.15, -0.1) is 0 Å². The number of H-pyrrole nitrogens is 1. The maximum absolute atomic E-state index is 7.23. The number of benzene rings is 12. The molecule has 3 aromatic heterocycles. The summed E-state index contributed by atoms with van der Waals surface area (Å²) in [5.74, 6) is 0. The van der Waals surface area contributed by atoms with Crippen LogP contribution in [0.2, 0.25) is 0 Å². The fourth-order valence-corrected chi connectivity index (χ4v) is 11.5. The standard InChI is InChI=1S/C72H45NO2/c1-7-19-45(20-8-1)53-37-57(49-27-15-5-16-28-49)69-63(41-53)65-43-55(47-23-11-3-12-24-47)39-59(71(65)74-69)51-31-33-67-61(35-51)62-36-52(32-34-68(62)73-67)60-40-56(48-25-13-4-14-26-48)44-66-64-42-54(46-21-9-2-10-22-46)38-58(70(64)75-72(60)66)50-29-17-6-18-30-50/h1-44,73H. The molecule has 0 saturated heterocycles. The second-order valence-electron chi connectivity index (χ2n) is 19.6. The number of furan rings is 2. The highest BCUT2D eigenvalue weighted by atomic mass is 16.3. The molecule has 0 atom stereocenters. The van der Waals surface area contributed by atoms with Crippen molar-refractivity contribution in [3.05, 3.63) is 267 Å². The van der Waals surface area contributed by atoms with E-state index in [1.807, 2.05) is 0 Å². The number of hydrogen-bond donors (Lipinski definition) is 1. The minimum atomic E-state index is 0.863. The van der Waals surface area contributed by atoms with Crippen molar-refractivity contribution in [1.82, 2.24) is 4.98 Å². The third-order valence-electron chi connectivity index (χ3n) is 15.2. The van der Waals surface area contributed by atoms with Gasteiger partial charge in [-0.25, -0.2) is 0 Å². The smallest absolute Gasteiger partial charge is 0.143 e. The van der Waals surface area contributed by atoms with E-state index in [1.165, 1.54) is 0 Å². The van der Waals surface area contributed by atoms with Gasteiger partial charge in [0, 0.05) is 65.6 Å². The third-order valence-corrected chi connectivity index (χ3v) is 15.2. The number of rotatable bonds is 8. The Bertz CT molecular complexity index is 4350. The zero-order chi connectivity index (χ0) is 49.4. The maximum Gasteiger partial charge on any atom is 0.143 e. The van der Waals surface area contributed by atoms with Crippen molar-refractivity contribution >= 4 is 65.7 Å². The van der Waals surface area contributed by atoms with E-state index in [0.29, 0.717) is 0 Å². The molecule has 0 saturated carbocycles. The lowest BCUT2D eigenvalue weighted by Gasteiger charge is -2.09. The third kappa shape index (κ3) is 7.28. The van der Waals surface area contributed by atoms with Gasteiger partial charge in [-0.2, -0.15) is 0 Å². The van der Waals surface area contributed by atoms with Crippen LogP contribution in [0.4, 0.5) is 0 Å². The van der Waals surface area contributed by atoms with Crippen molar-refractivity contribution in [2.24, 2.45) is 0 Å². The van der Waals surface area contributed by atoms with Crippen LogP contribution in [0, 0.1) is 0 Å². The summed E-state index contributed by atoms with van der Waals surface area (Å²) in [5, 5.41) is 6.60. The van der Waals surface area contributed by atoms with Crippen LogP contribution in [0.5, 0.6) is 0 Å². The first-order valence-electron chi connectivity index (χ1n) is 25.6. The minimum Gasteiger partial charge on any atom is -0.455 e. The van der Waals surface area contributed by atoms with Crippen LogP contribution in [-0.2, 0) is 0 Å². The predicted molar refractivity (Wildman–Crippen MR) is 314 cm³/mol. The van der Waals surface area contributed by atoms with E-state index in [1.54, 1.807) is 0 Å². The Morgan fingerprint density at radius 3 is 0.707 bits per heavy atom. The Kier molecular flexibility index (Phi) is 9.89. The van der Waals surface area contributed by atoms with Gasteiger partial charge in [0.15, 0.2) is 0 Å². The van der Waals surface area contributed by atoms with E-state index in [4.69, 9.17) is 8.83 Å². The molecule has 15 rings (SSSR count). The number of fused-ring (bicyclic) bond motifs is 9. The van der Waals surface area contributed by atoms with Gasteiger partial charge in [-0.3, -0.25) is 0 Å². The zero-order valence-electron chi connectivity index (χ0n) is 40.7. The van der Waals surface area contributed by atoms with Gasteiger partial charge < -0.3 is 13.8 Å². The summed E-state index contributed by atoms with van der Waals surface area (Å²) in [6, 6.07) is 95.9. The van der Waals surface area contributed by atoms with Gasteiger partial charge in [0.1, 0.15) is 22.3 Å². The van der Waals surface area contributed by atoms with Crippen LogP contribution in [0.15, 0.2) is 276 Å². The lowest BCUT2D eigenvalue weighted by molar-refractivity contribution is 0.671. The second kappa shape index (κ2) is 17.4. The molecule has 0 amide bonds. The SMILES string of the molecule is c1ccc(-c2cc(-c3ccccc3)c3oc4c(-c5ccc6[nH]c7ccc(-c8cc(-c9ccccc9)cc9c8oc8c(-c%10ccccc%10)cc(-c%10ccccc%10)cc89)cc7c6c5)cc(-c5ccccc5)cc4c3c2)cc1. The second-order valence-corrected chi connectivity index (χ2v) is 19.6. The Morgan fingerprint density at radius 2 is 0.427 bits per heavy atom. The van der Waals surface area contributed by atoms with Crippen LogP contribution in [0.3, 0.4) is 0 Å². The Morgan fingerprint density at radius 1 is 0.187 bits per heavy atom. The summed E-state index contributed by atoms with van der Waals surface area (Å²) in [5.41, 5.74) is 23.4. The van der Waals surface area contributed by atoms with Gasteiger partial charge in [0.2, 0.25) is 0 Å². The number of nitrogens with one attached hydrogen (secondary N) is 1. The van der Waals surface area contributed by atoms with Gasteiger partial charge in [0.25, 0.3) is 0 Å². The summed E-state index contributed by atoms with van der Waals surface area (Å²) < 4.78 is 14.5. The summed E-state index contributed by atoms with van der Waals surface area (Å²) in [6.07, 6.45) is 0. The van der Waals surface area contributed by atoms with E-state index < -0.39 is 0 Å². The summed E-state index contributed by atoms with van der Waals surface area (Å²) >= 11 is 0. The minimum absolute atomic E-state index is 0.863. The van der Waals surface area contributed by atoms with Crippen LogP contribution in [-0.4, -0.2) is 4.98 Å². The van der Waals surface area contributed by atoms with Crippen molar-refractivity contribution < 1.29 is 8.83 Å². The molecule has 12 aromatic carbocycles. The molecule has 0 radical (unpaired) electrons. The first-order chi connectivity index (χ1) is 37.1. The number of aromatic amines is 1. The average molecular weight is 956 g/mol. The highest BCUT2D eigenvalue weighted by molar-refractivity contribution is 6.19. The number of hydrogen-bond acceptors (Lipinski definition) is 2. The van der Waals surface area contributed by atoms with Gasteiger partial charge in [-0.05, 0) is 140 Å². The molecule has 1 N–H and O–H groups in total. The molecule has 0 aliphatic rings. The highest BCUT2D eigenvalue weighted by Gasteiger charge is 2.23. The van der Waals surface area contributed by atoms with Crippen molar-refractivity contribution in [2.45, 2.75) is 0 Å².